The zero-order valence-corrected chi connectivity index (χ0v) is 13.9. The van der Waals surface area contributed by atoms with Gasteiger partial charge in [-0.2, -0.15) is 0 Å². The molecule has 0 radical (unpaired) electrons. The lowest BCUT2D eigenvalue weighted by atomic mass is 10.00. The van der Waals surface area contributed by atoms with Gasteiger partial charge in [0.1, 0.15) is 6.04 Å². The first-order valence-corrected chi connectivity index (χ1v) is 8.79. The molecule has 7 heteroatoms. The molecule has 2 aliphatic rings. The van der Waals surface area contributed by atoms with Gasteiger partial charge in [0.2, 0.25) is 5.91 Å². The molecule has 0 spiro atoms. The highest BCUT2D eigenvalue weighted by Crippen LogP contribution is 2.27. The van der Waals surface area contributed by atoms with Crippen LogP contribution in [0, 0.1) is 0 Å². The third kappa shape index (κ3) is 3.29. The molecular formula is C15H19ClN2O3S. The van der Waals surface area contributed by atoms with Crippen LogP contribution in [0.4, 0.5) is 0 Å². The molecule has 3 rings (SSSR count). The van der Waals surface area contributed by atoms with Crippen LogP contribution in [0.15, 0.2) is 12.1 Å². The van der Waals surface area contributed by atoms with Crippen LogP contribution in [0.5, 0.6) is 0 Å². The first kappa shape index (κ1) is 15.8. The Labute approximate surface area is 138 Å². The van der Waals surface area contributed by atoms with E-state index < -0.39 is 0 Å². The lowest BCUT2D eigenvalue weighted by Crippen LogP contribution is -2.55. The zero-order chi connectivity index (χ0) is 15.5. The monoisotopic (exact) mass is 342 g/mol. The molecule has 0 bridgehead atoms. The van der Waals surface area contributed by atoms with Crippen molar-refractivity contribution in [3.8, 4) is 0 Å². The molecule has 1 aromatic heterocycles. The van der Waals surface area contributed by atoms with Gasteiger partial charge in [-0.3, -0.25) is 9.59 Å². The Morgan fingerprint density at radius 1 is 1.18 bits per heavy atom. The number of ether oxygens (including phenoxy) is 1. The summed E-state index contributed by atoms with van der Waals surface area (Å²) in [4.78, 5) is 29.6. The fourth-order valence-electron chi connectivity index (χ4n) is 3.00. The standard InChI is InChI=1S/C15H19ClN2O3S/c16-13-5-4-12(22-13)15(20)18-6-2-1-3-11(18)14(19)17-7-9-21-10-8-17/h4-5,11H,1-3,6-10H2. The fourth-order valence-corrected chi connectivity index (χ4v) is 4.00. The van der Waals surface area contributed by atoms with E-state index in [2.05, 4.69) is 0 Å². The summed E-state index contributed by atoms with van der Waals surface area (Å²) in [5, 5.41) is 0. The van der Waals surface area contributed by atoms with Crippen LogP contribution < -0.4 is 0 Å². The van der Waals surface area contributed by atoms with Crippen LogP contribution >= 0.6 is 22.9 Å². The van der Waals surface area contributed by atoms with Crippen LogP contribution in [-0.4, -0.2) is 60.5 Å². The summed E-state index contributed by atoms with van der Waals surface area (Å²) in [6, 6.07) is 3.11. The van der Waals surface area contributed by atoms with Crippen LogP contribution in [0.1, 0.15) is 28.9 Å². The summed E-state index contributed by atoms with van der Waals surface area (Å²) in [6.07, 6.45) is 2.66. The van der Waals surface area contributed by atoms with E-state index in [4.69, 9.17) is 16.3 Å². The average Bonchev–Trinajstić information content (AvgIpc) is 3.01. The maximum atomic E-state index is 12.8. The van der Waals surface area contributed by atoms with Crippen LogP contribution in [0.2, 0.25) is 4.34 Å². The SMILES string of the molecule is O=C(C1CCCCN1C(=O)c1ccc(Cl)s1)N1CCOCC1. The molecule has 120 valence electrons. The van der Waals surface area contributed by atoms with Gasteiger partial charge in [0.05, 0.1) is 22.4 Å². The minimum absolute atomic E-state index is 0.0546. The topological polar surface area (TPSA) is 49.9 Å². The summed E-state index contributed by atoms with van der Waals surface area (Å²) in [5.41, 5.74) is 0. The molecule has 5 nitrogen and oxygen atoms in total. The van der Waals surface area contributed by atoms with Crippen LogP contribution in [0.3, 0.4) is 0 Å². The molecule has 2 aliphatic heterocycles. The Morgan fingerprint density at radius 2 is 1.95 bits per heavy atom. The van der Waals surface area contributed by atoms with E-state index in [1.165, 1.54) is 11.3 Å². The molecule has 0 N–H and O–H groups in total. The fraction of sp³-hybridized carbons (Fsp3) is 0.600. The summed E-state index contributed by atoms with van der Waals surface area (Å²) in [5.74, 6) is -0.0257. The second-order valence-electron chi connectivity index (χ2n) is 5.55. The molecular weight excluding hydrogens is 324 g/mol. The second-order valence-corrected chi connectivity index (χ2v) is 7.27. The number of carbonyl (C=O) groups is 2. The maximum absolute atomic E-state index is 12.8. The summed E-state index contributed by atoms with van der Waals surface area (Å²) >= 11 is 7.19. The van der Waals surface area contributed by atoms with Gasteiger partial charge < -0.3 is 14.5 Å². The van der Waals surface area contributed by atoms with Crippen molar-refractivity contribution in [3.63, 3.8) is 0 Å². The lowest BCUT2D eigenvalue weighted by molar-refractivity contribution is -0.141. The third-order valence-electron chi connectivity index (χ3n) is 4.16. The second kappa shape index (κ2) is 6.98. The van der Waals surface area contributed by atoms with Gasteiger partial charge >= 0.3 is 0 Å². The minimum Gasteiger partial charge on any atom is -0.378 e. The molecule has 3 heterocycles. The van der Waals surface area contributed by atoms with Crippen LogP contribution in [-0.2, 0) is 9.53 Å². The number of likely N-dealkylation sites (tertiary alicyclic amines) is 1. The van der Waals surface area contributed by atoms with E-state index in [1.807, 2.05) is 4.90 Å². The molecule has 2 fully saturated rings. The number of amides is 2. The van der Waals surface area contributed by atoms with Gasteiger partial charge in [-0.1, -0.05) is 11.6 Å². The van der Waals surface area contributed by atoms with Crippen molar-refractivity contribution in [1.29, 1.82) is 0 Å². The highest BCUT2D eigenvalue weighted by atomic mass is 35.5. The molecule has 1 unspecified atom stereocenters. The number of hydrogen-bond acceptors (Lipinski definition) is 4. The lowest BCUT2D eigenvalue weighted by Gasteiger charge is -2.38. The average molecular weight is 343 g/mol. The molecule has 1 aromatic rings. The molecule has 1 atom stereocenters. The van der Waals surface area contributed by atoms with E-state index in [9.17, 15) is 9.59 Å². The number of piperidine rings is 1. The van der Waals surface area contributed by atoms with E-state index >= 15 is 0 Å². The largest absolute Gasteiger partial charge is 0.378 e. The highest BCUT2D eigenvalue weighted by molar-refractivity contribution is 7.17. The predicted molar refractivity (Wildman–Crippen MR) is 85.4 cm³/mol. The summed E-state index contributed by atoms with van der Waals surface area (Å²) in [7, 11) is 0. The number of halogens is 1. The normalized spacial score (nSPS) is 22.7. The van der Waals surface area contributed by atoms with E-state index in [1.54, 1.807) is 17.0 Å². The number of thiophene rings is 1. The molecule has 0 aromatic carbocycles. The predicted octanol–water partition coefficient (Wildman–Crippen LogP) is 2.25. The molecule has 2 amide bonds. The Hall–Kier alpha value is -1.11. The Morgan fingerprint density at radius 3 is 2.64 bits per heavy atom. The maximum Gasteiger partial charge on any atom is 0.264 e. The number of rotatable bonds is 2. The molecule has 0 saturated carbocycles. The number of carbonyl (C=O) groups excluding carboxylic acids is 2. The highest BCUT2D eigenvalue weighted by Gasteiger charge is 2.35. The van der Waals surface area contributed by atoms with Crippen LogP contribution in [0.25, 0.3) is 0 Å². The van der Waals surface area contributed by atoms with Gasteiger partial charge in [-0.25, -0.2) is 0 Å². The van der Waals surface area contributed by atoms with Crippen molar-refractivity contribution in [2.45, 2.75) is 25.3 Å². The van der Waals surface area contributed by atoms with Gasteiger partial charge in [-0.05, 0) is 31.4 Å². The number of hydrogen-bond donors (Lipinski definition) is 0. The van der Waals surface area contributed by atoms with E-state index in [0.29, 0.717) is 42.1 Å². The smallest absolute Gasteiger partial charge is 0.264 e. The molecule has 22 heavy (non-hydrogen) atoms. The van der Waals surface area contributed by atoms with E-state index in [-0.39, 0.29) is 17.9 Å². The Kier molecular flexibility index (Phi) is 5.00. The number of nitrogens with zero attached hydrogens (tertiary/aromatic N) is 2. The van der Waals surface area contributed by atoms with Gasteiger partial charge in [0.25, 0.3) is 5.91 Å². The van der Waals surface area contributed by atoms with Crippen molar-refractivity contribution >= 4 is 34.8 Å². The first-order chi connectivity index (χ1) is 10.7. The van der Waals surface area contributed by atoms with Crippen molar-refractivity contribution < 1.29 is 14.3 Å². The molecule has 0 aliphatic carbocycles. The van der Waals surface area contributed by atoms with Crippen molar-refractivity contribution in [1.82, 2.24) is 9.80 Å². The van der Waals surface area contributed by atoms with Crippen molar-refractivity contribution in [3.05, 3.63) is 21.3 Å². The van der Waals surface area contributed by atoms with Gasteiger partial charge in [0.15, 0.2) is 0 Å². The van der Waals surface area contributed by atoms with Crippen molar-refractivity contribution in [2.24, 2.45) is 0 Å². The van der Waals surface area contributed by atoms with Gasteiger partial charge in [0, 0.05) is 19.6 Å². The van der Waals surface area contributed by atoms with Crippen molar-refractivity contribution in [2.75, 3.05) is 32.8 Å². The third-order valence-corrected chi connectivity index (χ3v) is 5.37. The Bertz CT molecular complexity index is 557. The number of morpholine rings is 1. The van der Waals surface area contributed by atoms with Gasteiger partial charge in [-0.15, -0.1) is 11.3 Å². The summed E-state index contributed by atoms with van der Waals surface area (Å²) in [6.45, 7) is 3.01. The first-order valence-electron chi connectivity index (χ1n) is 7.59. The van der Waals surface area contributed by atoms with E-state index in [0.717, 1.165) is 19.3 Å². The summed E-state index contributed by atoms with van der Waals surface area (Å²) < 4.78 is 5.89. The zero-order valence-electron chi connectivity index (χ0n) is 12.3. The Balaban J connectivity index is 1.75. The molecule has 2 saturated heterocycles. The minimum atomic E-state index is -0.347. The quantitative estimate of drug-likeness (QED) is 0.828.